The zero-order valence-electron chi connectivity index (χ0n) is 28.0. The molecule has 248 valence electrons. The second-order valence-corrected chi connectivity index (χ2v) is 13.3. The molecule has 0 aliphatic carbocycles. The standard InChI is InChI=1S/C38H46N4O4S/c1-6-28(7-2)20-42(34-18-14-30(15-19-34)26(3)4)21-29-8-10-32(11-9-29)35-25-47-37(40-35)23-41(24-38(45)46)22-36(44)39-33-16-12-31(13-17-33)27(5)43/h8-19,25-26,28H,6-7,20-24H2,1-5H3,(H,39,44)(H,45,46). The van der Waals surface area contributed by atoms with Crippen LogP contribution in [0.25, 0.3) is 11.3 Å². The summed E-state index contributed by atoms with van der Waals surface area (Å²) in [6.45, 7) is 12.1. The van der Waals surface area contributed by atoms with Gasteiger partial charge in [0.1, 0.15) is 5.01 Å². The molecule has 1 heterocycles. The molecule has 1 aromatic heterocycles. The fourth-order valence-corrected chi connectivity index (χ4v) is 6.29. The van der Waals surface area contributed by atoms with Crippen LogP contribution >= 0.6 is 11.3 Å². The Labute approximate surface area is 282 Å². The van der Waals surface area contributed by atoms with Crippen LogP contribution in [0, 0.1) is 5.92 Å². The smallest absolute Gasteiger partial charge is 0.317 e. The predicted octanol–water partition coefficient (Wildman–Crippen LogP) is 8.10. The summed E-state index contributed by atoms with van der Waals surface area (Å²) in [6, 6.07) is 24.0. The Hall–Kier alpha value is -4.34. The first-order valence-electron chi connectivity index (χ1n) is 16.3. The van der Waals surface area contributed by atoms with Gasteiger partial charge in [-0.1, -0.05) is 76.9 Å². The van der Waals surface area contributed by atoms with Crippen molar-refractivity contribution in [2.24, 2.45) is 5.92 Å². The van der Waals surface area contributed by atoms with Crippen LogP contribution in [-0.2, 0) is 22.7 Å². The van der Waals surface area contributed by atoms with Crippen molar-refractivity contribution >= 4 is 40.4 Å². The van der Waals surface area contributed by atoms with Crippen LogP contribution in [-0.4, -0.2) is 52.3 Å². The molecular formula is C38H46N4O4S. The maximum atomic E-state index is 12.7. The second-order valence-electron chi connectivity index (χ2n) is 12.4. The Bertz CT molecular complexity index is 1610. The zero-order chi connectivity index (χ0) is 33.9. The van der Waals surface area contributed by atoms with E-state index in [1.807, 2.05) is 5.38 Å². The normalized spacial score (nSPS) is 11.3. The highest BCUT2D eigenvalue weighted by Gasteiger charge is 2.18. The van der Waals surface area contributed by atoms with Gasteiger partial charge in [-0.25, -0.2) is 4.98 Å². The number of carboxylic acid groups (broad SMARTS) is 1. The number of aliphatic carboxylic acids is 1. The van der Waals surface area contributed by atoms with Gasteiger partial charge in [0.2, 0.25) is 5.91 Å². The Morgan fingerprint density at radius 3 is 2.11 bits per heavy atom. The third-order valence-corrected chi connectivity index (χ3v) is 9.23. The number of nitrogens with one attached hydrogen (secondary N) is 1. The number of nitrogens with zero attached hydrogens (tertiary/aromatic N) is 3. The van der Waals surface area contributed by atoms with Crippen molar-refractivity contribution in [2.75, 3.05) is 29.9 Å². The lowest BCUT2D eigenvalue weighted by molar-refractivity contribution is -0.138. The maximum Gasteiger partial charge on any atom is 0.317 e. The van der Waals surface area contributed by atoms with Crippen LogP contribution in [0.3, 0.4) is 0 Å². The number of ketones is 1. The van der Waals surface area contributed by atoms with E-state index in [1.54, 1.807) is 29.2 Å². The highest BCUT2D eigenvalue weighted by atomic mass is 32.1. The molecule has 4 rings (SSSR count). The van der Waals surface area contributed by atoms with Crippen molar-refractivity contribution in [3.63, 3.8) is 0 Å². The molecule has 3 aromatic carbocycles. The molecule has 0 bridgehead atoms. The molecule has 4 aromatic rings. The van der Waals surface area contributed by atoms with Crippen LogP contribution in [0.2, 0.25) is 0 Å². The van der Waals surface area contributed by atoms with Crippen molar-refractivity contribution < 1.29 is 19.5 Å². The minimum Gasteiger partial charge on any atom is -0.480 e. The summed E-state index contributed by atoms with van der Waals surface area (Å²) in [6.07, 6.45) is 2.29. The number of aromatic nitrogens is 1. The maximum absolute atomic E-state index is 12.7. The summed E-state index contributed by atoms with van der Waals surface area (Å²) < 4.78 is 0. The molecule has 0 unspecified atom stereocenters. The van der Waals surface area contributed by atoms with E-state index in [-0.39, 0.29) is 31.3 Å². The summed E-state index contributed by atoms with van der Waals surface area (Å²) in [4.78, 5) is 44.6. The number of hydrogen-bond donors (Lipinski definition) is 2. The molecule has 8 nitrogen and oxygen atoms in total. The summed E-state index contributed by atoms with van der Waals surface area (Å²) in [7, 11) is 0. The molecule has 9 heteroatoms. The monoisotopic (exact) mass is 654 g/mol. The van der Waals surface area contributed by atoms with Gasteiger partial charge < -0.3 is 15.3 Å². The van der Waals surface area contributed by atoms with Crippen LogP contribution in [0.5, 0.6) is 0 Å². The van der Waals surface area contributed by atoms with Crippen molar-refractivity contribution in [3.05, 3.63) is 99.9 Å². The third kappa shape index (κ3) is 10.6. The molecular weight excluding hydrogens is 609 g/mol. The number of carbonyl (C=O) groups excluding carboxylic acids is 2. The number of carbonyl (C=O) groups is 3. The highest BCUT2D eigenvalue weighted by Crippen LogP contribution is 2.27. The number of rotatable bonds is 17. The lowest BCUT2D eigenvalue weighted by Crippen LogP contribution is -2.36. The number of Topliss-reactive ketones (excluding diaryl/α,β-unsaturated/α-hetero) is 1. The predicted molar refractivity (Wildman–Crippen MR) is 191 cm³/mol. The van der Waals surface area contributed by atoms with E-state index < -0.39 is 5.97 Å². The average Bonchev–Trinajstić information content (AvgIpc) is 3.51. The Balaban J connectivity index is 1.41. The van der Waals surface area contributed by atoms with E-state index in [2.05, 4.69) is 86.4 Å². The molecule has 0 saturated carbocycles. The van der Waals surface area contributed by atoms with E-state index in [4.69, 9.17) is 4.98 Å². The molecule has 0 saturated heterocycles. The Morgan fingerprint density at radius 2 is 1.53 bits per heavy atom. The minimum atomic E-state index is -1.02. The number of carboxylic acids is 1. The highest BCUT2D eigenvalue weighted by molar-refractivity contribution is 7.09. The molecule has 0 atom stereocenters. The summed E-state index contributed by atoms with van der Waals surface area (Å²) in [5.41, 5.74) is 6.70. The SMILES string of the molecule is CCC(CC)CN(Cc1ccc(-c2csc(CN(CC(=O)O)CC(=O)Nc3ccc(C(C)=O)cc3)n2)cc1)c1ccc(C(C)C)cc1. The second kappa shape index (κ2) is 17.0. The van der Waals surface area contributed by atoms with E-state index in [0.717, 1.165) is 42.2 Å². The van der Waals surface area contributed by atoms with Crippen molar-refractivity contribution in [2.45, 2.75) is 66.5 Å². The van der Waals surface area contributed by atoms with Crippen LogP contribution in [0.1, 0.15) is 79.9 Å². The van der Waals surface area contributed by atoms with E-state index in [9.17, 15) is 19.5 Å². The first kappa shape index (κ1) is 35.5. The van der Waals surface area contributed by atoms with Crippen LogP contribution in [0.15, 0.2) is 78.2 Å². The van der Waals surface area contributed by atoms with Gasteiger partial charge in [-0.15, -0.1) is 11.3 Å². The number of benzene rings is 3. The quantitative estimate of drug-likeness (QED) is 0.111. The number of anilines is 2. The third-order valence-electron chi connectivity index (χ3n) is 8.39. The molecule has 1 amide bonds. The Kier molecular flexibility index (Phi) is 12.8. The van der Waals surface area contributed by atoms with Gasteiger partial charge in [0.05, 0.1) is 25.3 Å². The molecule has 0 spiro atoms. The van der Waals surface area contributed by atoms with E-state index in [1.165, 1.54) is 35.1 Å². The summed E-state index contributed by atoms with van der Waals surface area (Å²) in [5, 5.41) is 14.9. The minimum absolute atomic E-state index is 0.0587. The molecule has 47 heavy (non-hydrogen) atoms. The molecule has 0 aliphatic heterocycles. The summed E-state index contributed by atoms with van der Waals surface area (Å²) in [5.74, 6) is -0.303. The van der Waals surface area contributed by atoms with Gasteiger partial charge in [-0.3, -0.25) is 19.3 Å². The molecule has 0 fully saturated rings. The number of thiazole rings is 1. The molecule has 0 aliphatic rings. The topological polar surface area (TPSA) is 103 Å². The van der Waals surface area contributed by atoms with Crippen LogP contribution < -0.4 is 10.2 Å². The largest absolute Gasteiger partial charge is 0.480 e. The van der Waals surface area contributed by atoms with Gasteiger partial charge in [0.25, 0.3) is 0 Å². The van der Waals surface area contributed by atoms with Gasteiger partial charge in [0, 0.05) is 41.0 Å². The van der Waals surface area contributed by atoms with E-state index in [0.29, 0.717) is 23.1 Å². The van der Waals surface area contributed by atoms with E-state index >= 15 is 0 Å². The van der Waals surface area contributed by atoms with Crippen molar-refractivity contribution in [1.82, 2.24) is 9.88 Å². The van der Waals surface area contributed by atoms with Crippen molar-refractivity contribution in [1.29, 1.82) is 0 Å². The van der Waals surface area contributed by atoms with Gasteiger partial charge in [0.15, 0.2) is 5.78 Å². The van der Waals surface area contributed by atoms with Gasteiger partial charge in [-0.05, 0) is 66.3 Å². The molecule has 2 N–H and O–H groups in total. The first-order chi connectivity index (χ1) is 22.5. The summed E-state index contributed by atoms with van der Waals surface area (Å²) >= 11 is 1.44. The lowest BCUT2D eigenvalue weighted by atomic mass is 10.0. The number of hydrogen-bond acceptors (Lipinski definition) is 7. The fourth-order valence-electron chi connectivity index (χ4n) is 5.45. The van der Waals surface area contributed by atoms with Gasteiger partial charge in [-0.2, -0.15) is 0 Å². The van der Waals surface area contributed by atoms with Gasteiger partial charge >= 0.3 is 5.97 Å². The fraction of sp³-hybridized carbons (Fsp3) is 0.368. The van der Waals surface area contributed by atoms with Crippen molar-refractivity contribution in [3.8, 4) is 11.3 Å². The lowest BCUT2D eigenvalue weighted by Gasteiger charge is -2.29. The Morgan fingerprint density at radius 1 is 0.872 bits per heavy atom. The zero-order valence-corrected chi connectivity index (χ0v) is 28.8. The first-order valence-corrected chi connectivity index (χ1v) is 17.2. The average molecular weight is 655 g/mol. The number of amides is 1. The molecule has 0 radical (unpaired) electrons. The van der Waals surface area contributed by atoms with Crippen LogP contribution in [0.4, 0.5) is 11.4 Å².